The third-order valence-corrected chi connectivity index (χ3v) is 5.49. The molecule has 2 aromatic rings. The first-order chi connectivity index (χ1) is 15.0. The van der Waals surface area contributed by atoms with Crippen molar-refractivity contribution in [3.8, 4) is 5.75 Å². The highest BCUT2D eigenvalue weighted by atomic mass is 35.5. The molecule has 1 aliphatic rings. The van der Waals surface area contributed by atoms with Crippen LogP contribution in [0.4, 0.5) is 14.5 Å². The molecule has 2 atom stereocenters. The molecular formula is C21H19Cl2F2N3O4. The first-order valence-electron chi connectivity index (χ1n) is 9.30. The van der Waals surface area contributed by atoms with Crippen LogP contribution >= 0.6 is 23.2 Å². The first-order valence-corrected chi connectivity index (χ1v) is 10.1. The number of nitrogens with zero attached hydrogens (tertiary/aromatic N) is 1. The number of hydrogen-bond donors (Lipinski definition) is 3. The molecule has 0 fully saturated rings. The van der Waals surface area contributed by atoms with E-state index < -0.39 is 42.2 Å². The maximum atomic E-state index is 14.2. The molecule has 0 aliphatic carbocycles. The monoisotopic (exact) mass is 485 g/mol. The van der Waals surface area contributed by atoms with E-state index in [2.05, 4.69) is 0 Å². The molecule has 11 heteroatoms. The molecular weight excluding hydrogens is 467 g/mol. The van der Waals surface area contributed by atoms with Gasteiger partial charge in [-0.3, -0.25) is 20.5 Å². The Bertz CT molecular complexity index is 1090. The van der Waals surface area contributed by atoms with Gasteiger partial charge in [-0.1, -0.05) is 35.3 Å². The Kier molecular flexibility index (Phi) is 6.73. The van der Waals surface area contributed by atoms with Crippen LogP contribution in [-0.4, -0.2) is 41.9 Å². The van der Waals surface area contributed by atoms with E-state index in [1.807, 2.05) is 0 Å². The van der Waals surface area contributed by atoms with Gasteiger partial charge in [-0.25, -0.2) is 0 Å². The predicted molar refractivity (Wildman–Crippen MR) is 117 cm³/mol. The molecule has 2 aromatic carbocycles. The summed E-state index contributed by atoms with van der Waals surface area (Å²) < 4.78 is 39.6. The number of ether oxygens (including phenoxy) is 2. The summed E-state index contributed by atoms with van der Waals surface area (Å²) in [6.45, 7) is 0.520. The van der Waals surface area contributed by atoms with Crippen molar-refractivity contribution >= 4 is 46.5 Å². The lowest BCUT2D eigenvalue weighted by Crippen LogP contribution is -2.49. The number of alkyl halides is 2. The van der Waals surface area contributed by atoms with Crippen molar-refractivity contribution < 1.29 is 28.2 Å². The Hall–Kier alpha value is -2.75. The molecule has 0 spiro atoms. The van der Waals surface area contributed by atoms with Crippen LogP contribution in [0.1, 0.15) is 30.6 Å². The summed E-state index contributed by atoms with van der Waals surface area (Å²) in [5.74, 6) is -6.44. The van der Waals surface area contributed by atoms with Crippen LogP contribution in [0.15, 0.2) is 36.4 Å². The molecule has 32 heavy (non-hydrogen) atoms. The molecule has 0 radical (unpaired) electrons. The van der Waals surface area contributed by atoms with Crippen molar-refractivity contribution in [1.82, 2.24) is 0 Å². The Morgan fingerprint density at radius 2 is 1.97 bits per heavy atom. The van der Waals surface area contributed by atoms with Crippen LogP contribution in [0.3, 0.4) is 0 Å². The van der Waals surface area contributed by atoms with E-state index in [-0.39, 0.29) is 21.3 Å². The number of carboxylic acids is 1. The second kappa shape index (κ2) is 9.01. The molecule has 3 rings (SSSR count). The van der Waals surface area contributed by atoms with Gasteiger partial charge >= 0.3 is 11.9 Å². The fourth-order valence-corrected chi connectivity index (χ4v) is 3.87. The van der Waals surface area contributed by atoms with Crippen LogP contribution in [0.2, 0.25) is 10.0 Å². The number of halogens is 4. The number of carboxylic acid groups (broad SMARTS) is 1. The van der Waals surface area contributed by atoms with E-state index in [1.165, 1.54) is 25.3 Å². The number of aliphatic carboxylic acids is 1. The van der Waals surface area contributed by atoms with Gasteiger partial charge in [0.05, 0.1) is 24.2 Å². The number of fused-ring (bicyclic) bond motifs is 1. The van der Waals surface area contributed by atoms with E-state index in [1.54, 1.807) is 18.2 Å². The highest BCUT2D eigenvalue weighted by Gasteiger charge is 2.43. The second-order valence-electron chi connectivity index (χ2n) is 7.13. The zero-order chi connectivity index (χ0) is 23.8. The average Bonchev–Trinajstić information content (AvgIpc) is 2.81. The largest absolute Gasteiger partial charge is 0.495 e. The number of amidine groups is 2. The average molecular weight is 486 g/mol. The van der Waals surface area contributed by atoms with Gasteiger partial charge in [-0.2, -0.15) is 8.78 Å². The van der Waals surface area contributed by atoms with E-state index >= 15 is 0 Å². The fraction of sp³-hybridized carbons (Fsp3) is 0.286. The smallest absolute Gasteiger partial charge is 0.306 e. The van der Waals surface area contributed by atoms with E-state index in [0.29, 0.717) is 23.1 Å². The van der Waals surface area contributed by atoms with Gasteiger partial charge < -0.3 is 14.6 Å². The summed E-state index contributed by atoms with van der Waals surface area (Å²) in [5.41, 5.74) is 0.622. The van der Waals surface area contributed by atoms with Gasteiger partial charge in [0.15, 0.2) is 5.84 Å². The van der Waals surface area contributed by atoms with Gasteiger partial charge in [0, 0.05) is 23.1 Å². The highest BCUT2D eigenvalue weighted by molar-refractivity contribution is 6.33. The van der Waals surface area contributed by atoms with E-state index in [9.17, 15) is 18.7 Å². The van der Waals surface area contributed by atoms with Gasteiger partial charge in [0.25, 0.3) is 0 Å². The van der Waals surface area contributed by atoms with Crippen LogP contribution < -0.4 is 9.64 Å². The summed E-state index contributed by atoms with van der Waals surface area (Å²) >= 11 is 12.7. The minimum Gasteiger partial charge on any atom is -0.495 e. The van der Waals surface area contributed by atoms with Crippen molar-refractivity contribution in [3.05, 3.63) is 57.6 Å². The van der Waals surface area contributed by atoms with Crippen LogP contribution in [-0.2, 0) is 9.53 Å². The first kappa shape index (κ1) is 23.9. The number of benzene rings is 2. The molecule has 1 aliphatic heterocycles. The van der Waals surface area contributed by atoms with Gasteiger partial charge in [0.1, 0.15) is 23.8 Å². The van der Waals surface area contributed by atoms with Gasteiger partial charge in [0.2, 0.25) is 0 Å². The second-order valence-corrected chi connectivity index (χ2v) is 7.94. The van der Waals surface area contributed by atoms with Gasteiger partial charge in [-0.05, 0) is 24.3 Å². The Morgan fingerprint density at radius 1 is 1.28 bits per heavy atom. The maximum Gasteiger partial charge on any atom is 0.306 e. The van der Waals surface area contributed by atoms with Crippen molar-refractivity contribution in [2.75, 3.05) is 12.0 Å². The lowest BCUT2D eigenvalue weighted by atomic mass is 9.98. The van der Waals surface area contributed by atoms with E-state index in [0.717, 1.165) is 0 Å². The lowest BCUT2D eigenvalue weighted by Gasteiger charge is -2.30. The molecule has 0 saturated carbocycles. The molecule has 0 bridgehead atoms. The molecule has 7 nitrogen and oxygen atoms in total. The molecule has 1 heterocycles. The summed E-state index contributed by atoms with van der Waals surface area (Å²) in [5, 5.41) is 26.3. The summed E-state index contributed by atoms with van der Waals surface area (Å²) in [7, 11) is 1.42. The number of carbonyl (C=O) groups is 1. The Labute approximate surface area is 192 Å². The summed E-state index contributed by atoms with van der Waals surface area (Å²) in [4.78, 5) is 12.2. The normalized spacial score (nSPS) is 18.7. The SMILES string of the molecule is COc1cccc([C@H]2OC(CC(=O)O)C(=N)N(C(=N)C(C)(F)F)c3ccc(Cl)cc32)c1Cl. The number of anilines is 1. The lowest BCUT2D eigenvalue weighted by molar-refractivity contribution is -0.139. The number of hydrogen-bond acceptors (Lipinski definition) is 5. The van der Waals surface area contributed by atoms with Crippen LogP contribution in [0, 0.1) is 10.8 Å². The molecule has 170 valence electrons. The summed E-state index contributed by atoms with van der Waals surface area (Å²) in [6, 6.07) is 9.09. The van der Waals surface area contributed by atoms with Crippen LogP contribution in [0.5, 0.6) is 5.75 Å². The van der Waals surface area contributed by atoms with Crippen molar-refractivity contribution in [2.24, 2.45) is 0 Å². The van der Waals surface area contributed by atoms with Gasteiger partial charge in [-0.15, -0.1) is 0 Å². The zero-order valence-electron chi connectivity index (χ0n) is 17.0. The quantitative estimate of drug-likeness (QED) is 0.389. The highest BCUT2D eigenvalue weighted by Crippen LogP contribution is 2.44. The number of rotatable bonds is 5. The third kappa shape index (κ3) is 4.55. The van der Waals surface area contributed by atoms with Crippen LogP contribution in [0.25, 0.3) is 0 Å². The minimum atomic E-state index is -3.62. The molecule has 3 N–H and O–H groups in total. The van der Waals surface area contributed by atoms with Crippen molar-refractivity contribution in [1.29, 1.82) is 10.8 Å². The van der Waals surface area contributed by atoms with E-state index in [4.69, 9.17) is 43.5 Å². The molecule has 0 aromatic heterocycles. The Balaban J connectivity index is 2.30. The minimum absolute atomic E-state index is 0.0303. The number of nitrogens with one attached hydrogen (secondary N) is 2. The zero-order valence-corrected chi connectivity index (χ0v) is 18.5. The number of methoxy groups -OCH3 is 1. The standard InChI is InChI=1S/C21H19Cl2F2N3O4/c1-21(24,25)20(27)28-13-7-6-10(22)8-12(13)18(32-15(19(28)26)9-16(29)30)11-4-3-5-14(31-2)17(11)23/h3-8,15,18,26-27H,9H2,1-2H3,(H,29,30)/t15?,18-/m1/s1. The topological polar surface area (TPSA) is 107 Å². The van der Waals surface area contributed by atoms with Crippen molar-refractivity contribution in [3.63, 3.8) is 0 Å². The summed E-state index contributed by atoms with van der Waals surface area (Å²) in [6.07, 6.45) is -3.24. The maximum absolute atomic E-state index is 14.2. The molecule has 0 saturated heterocycles. The molecule has 1 unspecified atom stereocenters. The predicted octanol–water partition coefficient (Wildman–Crippen LogP) is 5.38. The third-order valence-electron chi connectivity index (χ3n) is 4.85. The fourth-order valence-electron chi connectivity index (χ4n) is 3.38. The molecule has 0 amide bonds. The van der Waals surface area contributed by atoms with Crippen molar-refractivity contribution in [2.45, 2.75) is 31.5 Å². The Morgan fingerprint density at radius 3 is 2.56 bits per heavy atom.